The molecule has 9 nitrogen and oxygen atoms in total. The van der Waals surface area contributed by atoms with Gasteiger partial charge in [-0.15, -0.1) is 5.06 Å². The first kappa shape index (κ1) is 21.5. The Kier molecular flexibility index (Phi) is 8.98. The molecular formula is C16H30N4O5. The Morgan fingerprint density at radius 1 is 1.16 bits per heavy atom. The third-order valence-electron chi connectivity index (χ3n) is 4.15. The fourth-order valence-electron chi connectivity index (χ4n) is 2.40. The quantitative estimate of drug-likeness (QED) is 0.279. The molecule has 0 unspecified atom stereocenters. The first-order valence-corrected chi connectivity index (χ1v) is 8.73. The summed E-state index contributed by atoms with van der Waals surface area (Å²) in [5.41, 5.74) is 16.8. The van der Waals surface area contributed by atoms with E-state index in [-0.39, 0.29) is 5.92 Å². The lowest BCUT2D eigenvalue weighted by molar-refractivity contribution is -0.203. The van der Waals surface area contributed by atoms with Gasteiger partial charge >= 0.3 is 17.9 Å². The van der Waals surface area contributed by atoms with Crippen molar-refractivity contribution in [1.82, 2.24) is 5.06 Å². The predicted molar refractivity (Wildman–Crippen MR) is 90.6 cm³/mol. The third-order valence-corrected chi connectivity index (χ3v) is 4.15. The van der Waals surface area contributed by atoms with Crippen LogP contribution in [0.2, 0.25) is 0 Å². The highest BCUT2D eigenvalue weighted by molar-refractivity contribution is 5.91. The van der Waals surface area contributed by atoms with Crippen LogP contribution in [-0.4, -0.2) is 54.2 Å². The van der Waals surface area contributed by atoms with Gasteiger partial charge < -0.3 is 26.8 Å². The number of carbonyl (C=O) groups is 3. The number of esters is 2. The fourth-order valence-corrected chi connectivity index (χ4v) is 2.40. The largest absolute Gasteiger partial charge is 0.391 e. The zero-order valence-electron chi connectivity index (χ0n) is 15.0. The van der Waals surface area contributed by atoms with Gasteiger partial charge in [-0.05, 0) is 38.1 Å². The Balaban J connectivity index is 2.53. The van der Waals surface area contributed by atoms with Crippen LogP contribution in [0.5, 0.6) is 0 Å². The van der Waals surface area contributed by atoms with Crippen molar-refractivity contribution in [2.75, 3.05) is 13.1 Å². The summed E-state index contributed by atoms with van der Waals surface area (Å²) in [5, 5.41) is 1.24. The standard InChI is InChI=1S/C16H30N4O5/c1-10(2)13(19)16(23)25-20-9-5-7-12(20)15(22)24-14(21)11(18)6-3-4-8-17/h10-13H,3-9,17-19H2,1-2H3/t11-,12-,13-/m0/s1. The molecule has 0 aromatic rings. The molecule has 0 saturated carbocycles. The molecule has 144 valence electrons. The van der Waals surface area contributed by atoms with Gasteiger partial charge in [0.1, 0.15) is 18.1 Å². The molecule has 1 rings (SSSR count). The van der Waals surface area contributed by atoms with E-state index in [1.54, 1.807) is 13.8 Å². The zero-order valence-corrected chi connectivity index (χ0v) is 15.0. The number of hydrogen-bond acceptors (Lipinski definition) is 9. The highest BCUT2D eigenvalue weighted by atomic mass is 16.7. The summed E-state index contributed by atoms with van der Waals surface area (Å²) in [6, 6.07) is -2.47. The van der Waals surface area contributed by atoms with Crippen molar-refractivity contribution in [3.63, 3.8) is 0 Å². The molecule has 3 atom stereocenters. The van der Waals surface area contributed by atoms with E-state index in [4.69, 9.17) is 26.8 Å². The second kappa shape index (κ2) is 10.4. The first-order chi connectivity index (χ1) is 11.8. The van der Waals surface area contributed by atoms with E-state index in [2.05, 4.69) is 0 Å². The lowest BCUT2D eigenvalue weighted by Crippen LogP contribution is -2.46. The van der Waals surface area contributed by atoms with Crippen LogP contribution < -0.4 is 17.2 Å². The molecule has 1 heterocycles. The van der Waals surface area contributed by atoms with Crippen molar-refractivity contribution in [2.45, 2.75) is 64.1 Å². The molecular weight excluding hydrogens is 328 g/mol. The second-order valence-corrected chi connectivity index (χ2v) is 6.61. The molecule has 0 spiro atoms. The normalized spacial score (nSPS) is 20.3. The van der Waals surface area contributed by atoms with Gasteiger partial charge in [-0.1, -0.05) is 20.3 Å². The zero-order chi connectivity index (χ0) is 19.0. The Labute approximate surface area is 148 Å². The predicted octanol–water partition coefficient (Wildman–Crippen LogP) is -0.582. The topological polar surface area (TPSA) is 151 Å². The smallest absolute Gasteiger partial charge is 0.342 e. The van der Waals surface area contributed by atoms with E-state index in [0.29, 0.717) is 38.8 Å². The minimum Gasteiger partial charge on any atom is -0.391 e. The minimum absolute atomic E-state index is 0.0893. The number of unbranched alkanes of at least 4 members (excludes halogenated alkanes) is 1. The molecule has 1 aliphatic rings. The molecule has 9 heteroatoms. The Bertz CT molecular complexity index is 471. The number of hydrogen-bond donors (Lipinski definition) is 3. The van der Waals surface area contributed by atoms with Crippen LogP contribution in [0, 0.1) is 5.92 Å². The van der Waals surface area contributed by atoms with Gasteiger partial charge in [0.2, 0.25) is 0 Å². The van der Waals surface area contributed by atoms with Gasteiger partial charge in [-0.25, -0.2) is 14.4 Å². The van der Waals surface area contributed by atoms with Gasteiger partial charge in [0, 0.05) is 6.54 Å². The molecule has 1 fully saturated rings. The number of nitrogens with zero attached hydrogens (tertiary/aromatic N) is 1. The Morgan fingerprint density at radius 3 is 2.44 bits per heavy atom. The van der Waals surface area contributed by atoms with Gasteiger partial charge in [-0.3, -0.25) is 0 Å². The second-order valence-electron chi connectivity index (χ2n) is 6.61. The van der Waals surface area contributed by atoms with Crippen molar-refractivity contribution in [3.8, 4) is 0 Å². The molecule has 25 heavy (non-hydrogen) atoms. The van der Waals surface area contributed by atoms with E-state index in [1.807, 2.05) is 0 Å². The van der Waals surface area contributed by atoms with Gasteiger partial charge in [-0.2, -0.15) is 0 Å². The van der Waals surface area contributed by atoms with E-state index in [0.717, 1.165) is 6.42 Å². The van der Waals surface area contributed by atoms with Crippen LogP contribution in [0.1, 0.15) is 46.0 Å². The fraction of sp³-hybridized carbons (Fsp3) is 0.812. The SMILES string of the molecule is CC(C)[C@H](N)C(=O)ON1CCC[C@H]1C(=O)OC(=O)[C@@H](N)CCCCN. The van der Waals surface area contributed by atoms with E-state index < -0.39 is 36.0 Å². The summed E-state index contributed by atoms with van der Waals surface area (Å²) in [4.78, 5) is 41.2. The van der Waals surface area contributed by atoms with E-state index in [9.17, 15) is 14.4 Å². The summed E-state index contributed by atoms with van der Waals surface area (Å²) >= 11 is 0. The van der Waals surface area contributed by atoms with Crippen molar-refractivity contribution in [3.05, 3.63) is 0 Å². The van der Waals surface area contributed by atoms with Gasteiger partial charge in [0.15, 0.2) is 0 Å². The molecule has 0 aromatic heterocycles. The molecule has 0 amide bonds. The Morgan fingerprint density at radius 2 is 1.84 bits per heavy atom. The third kappa shape index (κ3) is 6.69. The van der Waals surface area contributed by atoms with Crippen LogP contribution in [0.3, 0.4) is 0 Å². The van der Waals surface area contributed by atoms with Gasteiger partial charge in [0.25, 0.3) is 0 Å². The van der Waals surface area contributed by atoms with E-state index >= 15 is 0 Å². The van der Waals surface area contributed by atoms with Crippen LogP contribution >= 0.6 is 0 Å². The van der Waals surface area contributed by atoms with Crippen molar-refractivity contribution in [2.24, 2.45) is 23.1 Å². The van der Waals surface area contributed by atoms with Crippen molar-refractivity contribution >= 4 is 17.9 Å². The average molecular weight is 358 g/mol. The lowest BCUT2D eigenvalue weighted by Gasteiger charge is -2.24. The molecule has 0 aromatic carbocycles. The molecule has 0 bridgehead atoms. The molecule has 0 radical (unpaired) electrons. The van der Waals surface area contributed by atoms with Crippen molar-refractivity contribution < 1.29 is 24.0 Å². The van der Waals surface area contributed by atoms with Crippen LogP contribution in [0.4, 0.5) is 0 Å². The molecule has 6 N–H and O–H groups in total. The van der Waals surface area contributed by atoms with Crippen molar-refractivity contribution in [1.29, 1.82) is 0 Å². The summed E-state index contributed by atoms with van der Waals surface area (Å²) in [6.07, 6.45) is 2.90. The molecule has 1 saturated heterocycles. The monoisotopic (exact) mass is 358 g/mol. The number of hydroxylamine groups is 2. The molecule has 1 aliphatic heterocycles. The summed E-state index contributed by atoms with van der Waals surface area (Å²) in [7, 11) is 0. The van der Waals surface area contributed by atoms with Crippen LogP contribution in [-0.2, 0) is 24.0 Å². The van der Waals surface area contributed by atoms with Gasteiger partial charge in [0.05, 0.1) is 0 Å². The first-order valence-electron chi connectivity index (χ1n) is 8.73. The maximum atomic E-state index is 12.2. The Hall–Kier alpha value is -1.55. The summed E-state index contributed by atoms with van der Waals surface area (Å²) in [6.45, 7) is 4.49. The number of carbonyl (C=O) groups excluding carboxylic acids is 3. The van der Waals surface area contributed by atoms with E-state index in [1.165, 1.54) is 5.06 Å². The maximum absolute atomic E-state index is 12.2. The maximum Gasteiger partial charge on any atom is 0.342 e. The summed E-state index contributed by atoms with van der Waals surface area (Å²) in [5.74, 6) is -2.24. The highest BCUT2D eigenvalue weighted by Gasteiger charge is 2.37. The summed E-state index contributed by atoms with van der Waals surface area (Å²) < 4.78 is 4.85. The number of ether oxygens (including phenoxy) is 1. The molecule has 0 aliphatic carbocycles. The lowest BCUT2D eigenvalue weighted by atomic mass is 10.1. The highest BCUT2D eigenvalue weighted by Crippen LogP contribution is 2.20. The van der Waals surface area contributed by atoms with Crippen LogP contribution in [0.15, 0.2) is 0 Å². The minimum atomic E-state index is -0.873. The number of nitrogens with two attached hydrogens (primary N) is 3. The van der Waals surface area contributed by atoms with Crippen LogP contribution in [0.25, 0.3) is 0 Å². The average Bonchev–Trinajstić information content (AvgIpc) is 3.02. The number of rotatable bonds is 9.